The predicted octanol–water partition coefficient (Wildman–Crippen LogP) is 3.70. The molecule has 0 radical (unpaired) electrons. The molecule has 2 N–H and O–H groups in total. The Labute approximate surface area is 97.7 Å². The summed E-state index contributed by atoms with van der Waals surface area (Å²) in [4.78, 5) is 0. The molecule has 1 saturated carbocycles. The Morgan fingerprint density at radius 2 is 2.00 bits per heavy atom. The van der Waals surface area contributed by atoms with Crippen LogP contribution in [-0.2, 0) is 6.42 Å². The average Bonchev–Trinajstić information content (AvgIpc) is 2.33. The molecule has 0 atom stereocenters. The number of rotatable bonds is 3. The molecule has 1 aromatic carbocycles. The van der Waals surface area contributed by atoms with E-state index >= 15 is 0 Å². The summed E-state index contributed by atoms with van der Waals surface area (Å²) in [7, 11) is 0. The molecule has 0 heterocycles. The van der Waals surface area contributed by atoms with E-state index in [1.54, 1.807) is 6.07 Å². The van der Waals surface area contributed by atoms with Gasteiger partial charge in [-0.05, 0) is 30.9 Å². The maximum atomic E-state index is 9.89. The fraction of sp³-hybridized carbons (Fsp3) is 0.571. The van der Waals surface area contributed by atoms with E-state index in [4.69, 9.17) is 0 Å². The van der Waals surface area contributed by atoms with Gasteiger partial charge >= 0.3 is 0 Å². The van der Waals surface area contributed by atoms with Gasteiger partial charge in [0.05, 0.1) is 5.69 Å². The average molecular weight is 219 g/mol. The van der Waals surface area contributed by atoms with Gasteiger partial charge < -0.3 is 10.4 Å². The maximum Gasteiger partial charge on any atom is 0.138 e. The van der Waals surface area contributed by atoms with Gasteiger partial charge in [0.15, 0.2) is 0 Å². The molecule has 2 rings (SSSR count). The molecule has 0 aliphatic heterocycles. The number of phenols is 1. The first-order valence-corrected chi connectivity index (χ1v) is 6.38. The van der Waals surface area contributed by atoms with Crippen LogP contribution < -0.4 is 5.32 Å². The topological polar surface area (TPSA) is 32.3 Å². The van der Waals surface area contributed by atoms with Gasteiger partial charge in [0.2, 0.25) is 0 Å². The molecule has 1 fully saturated rings. The summed E-state index contributed by atoms with van der Waals surface area (Å²) in [6.07, 6.45) is 7.41. The van der Waals surface area contributed by atoms with Crippen molar-refractivity contribution in [2.45, 2.75) is 51.5 Å². The minimum Gasteiger partial charge on any atom is -0.506 e. The van der Waals surface area contributed by atoms with Crippen molar-refractivity contribution in [3.05, 3.63) is 23.8 Å². The highest BCUT2D eigenvalue weighted by atomic mass is 16.3. The standard InChI is InChI=1S/C14H21NO/c1-2-11-7-6-10-13(16)14(11)15-12-8-4-3-5-9-12/h6-7,10,12,15-16H,2-5,8-9H2,1H3. The minimum atomic E-state index is 0.393. The van der Waals surface area contributed by atoms with Gasteiger partial charge in [0.25, 0.3) is 0 Å². The van der Waals surface area contributed by atoms with Crippen molar-refractivity contribution in [3.63, 3.8) is 0 Å². The fourth-order valence-corrected chi connectivity index (χ4v) is 2.50. The first kappa shape index (κ1) is 11.3. The summed E-state index contributed by atoms with van der Waals surface area (Å²) in [6, 6.07) is 6.32. The number of hydrogen-bond donors (Lipinski definition) is 2. The Hall–Kier alpha value is -1.18. The number of phenolic OH excluding ortho intramolecular Hbond substituents is 1. The van der Waals surface area contributed by atoms with Crippen molar-refractivity contribution in [1.82, 2.24) is 0 Å². The lowest BCUT2D eigenvalue weighted by atomic mass is 9.95. The maximum absolute atomic E-state index is 9.89. The number of aryl methyl sites for hydroxylation is 1. The molecule has 0 amide bonds. The Balaban J connectivity index is 2.12. The van der Waals surface area contributed by atoms with E-state index in [-0.39, 0.29) is 0 Å². The van der Waals surface area contributed by atoms with E-state index in [0.717, 1.165) is 12.1 Å². The molecule has 0 spiro atoms. The first-order valence-electron chi connectivity index (χ1n) is 6.38. The van der Waals surface area contributed by atoms with Crippen LogP contribution in [0.4, 0.5) is 5.69 Å². The van der Waals surface area contributed by atoms with E-state index in [9.17, 15) is 5.11 Å². The Morgan fingerprint density at radius 3 is 2.69 bits per heavy atom. The normalized spacial score (nSPS) is 17.3. The van der Waals surface area contributed by atoms with Gasteiger partial charge in [-0.15, -0.1) is 0 Å². The predicted molar refractivity (Wildman–Crippen MR) is 68.0 cm³/mol. The van der Waals surface area contributed by atoms with Gasteiger partial charge in [-0.1, -0.05) is 38.3 Å². The number of hydrogen-bond acceptors (Lipinski definition) is 2. The smallest absolute Gasteiger partial charge is 0.138 e. The second kappa shape index (κ2) is 5.24. The molecule has 0 bridgehead atoms. The Kier molecular flexibility index (Phi) is 3.70. The van der Waals surface area contributed by atoms with Gasteiger partial charge in [0.1, 0.15) is 5.75 Å². The molecule has 1 aliphatic carbocycles. The number of aromatic hydroxyl groups is 1. The third-order valence-corrected chi connectivity index (χ3v) is 3.46. The summed E-state index contributed by atoms with van der Waals surface area (Å²) in [5.41, 5.74) is 2.17. The molecular weight excluding hydrogens is 198 g/mol. The third kappa shape index (κ3) is 2.49. The van der Waals surface area contributed by atoms with Crippen molar-refractivity contribution < 1.29 is 5.11 Å². The van der Waals surface area contributed by atoms with Crippen LogP contribution in [0.15, 0.2) is 18.2 Å². The monoisotopic (exact) mass is 219 g/mol. The summed E-state index contributed by atoms with van der Waals surface area (Å²) in [6.45, 7) is 2.13. The van der Waals surface area contributed by atoms with Crippen molar-refractivity contribution >= 4 is 5.69 Å². The lowest BCUT2D eigenvalue weighted by Gasteiger charge is -2.25. The largest absolute Gasteiger partial charge is 0.506 e. The highest BCUT2D eigenvalue weighted by molar-refractivity contribution is 5.61. The zero-order chi connectivity index (χ0) is 11.4. The SMILES string of the molecule is CCc1cccc(O)c1NC1CCCCC1. The van der Waals surface area contributed by atoms with Crippen LogP contribution in [0.25, 0.3) is 0 Å². The van der Waals surface area contributed by atoms with E-state index in [0.29, 0.717) is 11.8 Å². The molecule has 1 aromatic rings. The molecule has 0 unspecified atom stereocenters. The van der Waals surface area contributed by atoms with Crippen LogP contribution in [-0.4, -0.2) is 11.1 Å². The van der Waals surface area contributed by atoms with Gasteiger partial charge in [-0.2, -0.15) is 0 Å². The molecule has 2 nitrogen and oxygen atoms in total. The van der Waals surface area contributed by atoms with Crippen LogP contribution >= 0.6 is 0 Å². The van der Waals surface area contributed by atoms with Crippen LogP contribution in [0, 0.1) is 0 Å². The third-order valence-electron chi connectivity index (χ3n) is 3.46. The summed E-state index contributed by atoms with van der Waals surface area (Å²) >= 11 is 0. The molecule has 0 aromatic heterocycles. The first-order chi connectivity index (χ1) is 7.81. The van der Waals surface area contributed by atoms with Crippen molar-refractivity contribution in [3.8, 4) is 5.75 Å². The lowest BCUT2D eigenvalue weighted by Crippen LogP contribution is -2.22. The number of anilines is 1. The molecular formula is C14H21NO. The van der Waals surface area contributed by atoms with Crippen molar-refractivity contribution in [2.24, 2.45) is 0 Å². The van der Waals surface area contributed by atoms with Crippen LogP contribution in [0.2, 0.25) is 0 Å². The van der Waals surface area contributed by atoms with Gasteiger partial charge in [-0.3, -0.25) is 0 Å². The quantitative estimate of drug-likeness (QED) is 0.760. The Bertz CT molecular complexity index is 343. The van der Waals surface area contributed by atoms with Crippen molar-refractivity contribution in [2.75, 3.05) is 5.32 Å². The molecule has 1 aliphatic rings. The summed E-state index contributed by atoms with van der Waals surface area (Å²) in [5.74, 6) is 0.393. The zero-order valence-corrected chi connectivity index (χ0v) is 10.00. The van der Waals surface area contributed by atoms with Crippen LogP contribution in [0.5, 0.6) is 5.75 Å². The number of para-hydroxylation sites is 1. The molecule has 2 heteroatoms. The van der Waals surface area contributed by atoms with Gasteiger partial charge in [-0.25, -0.2) is 0 Å². The van der Waals surface area contributed by atoms with E-state index in [2.05, 4.69) is 18.3 Å². The fourth-order valence-electron chi connectivity index (χ4n) is 2.50. The van der Waals surface area contributed by atoms with E-state index < -0.39 is 0 Å². The van der Waals surface area contributed by atoms with Crippen LogP contribution in [0.3, 0.4) is 0 Å². The number of nitrogens with one attached hydrogen (secondary N) is 1. The summed E-state index contributed by atoms with van der Waals surface area (Å²) < 4.78 is 0. The highest BCUT2D eigenvalue weighted by Crippen LogP contribution is 2.31. The van der Waals surface area contributed by atoms with Gasteiger partial charge in [0, 0.05) is 6.04 Å². The van der Waals surface area contributed by atoms with Crippen LogP contribution in [0.1, 0.15) is 44.6 Å². The number of benzene rings is 1. The van der Waals surface area contributed by atoms with Crippen molar-refractivity contribution in [1.29, 1.82) is 0 Å². The van der Waals surface area contributed by atoms with E-state index in [1.807, 2.05) is 6.07 Å². The molecule has 88 valence electrons. The second-order valence-corrected chi connectivity index (χ2v) is 4.64. The zero-order valence-electron chi connectivity index (χ0n) is 10.00. The second-order valence-electron chi connectivity index (χ2n) is 4.64. The summed E-state index contributed by atoms with van der Waals surface area (Å²) in [5, 5.41) is 13.4. The van der Waals surface area contributed by atoms with E-state index in [1.165, 1.54) is 37.7 Å². The Morgan fingerprint density at radius 1 is 1.25 bits per heavy atom. The molecule has 0 saturated heterocycles. The highest BCUT2D eigenvalue weighted by Gasteiger charge is 2.15. The molecule has 16 heavy (non-hydrogen) atoms. The minimum absolute atomic E-state index is 0.393. The lowest BCUT2D eigenvalue weighted by molar-refractivity contribution is 0.452.